The summed E-state index contributed by atoms with van der Waals surface area (Å²) in [6.45, 7) is 1.53. The number of piperazine rings is 1. The quantitative estimate of drug-likeness (QED) is 0.923. The minimum Gasteiger partial charge on any atom is -0.367 e. The molecule has 2 heterocycles. The first-order valence-corrected chi connectivity index (χ1v) is 7.30. The molecule has 0 aliphatic carbocycles. The standard InChI is InChI=1S/C16H16F3N3O/c17-16(18,19)12-4-1-2-6-14(12)21-8-10-22(11-9-21)15(23)13-5-3-7-20-13/h1-7,20H,8-11H2. The Morgan fingerprint density at radius 1 is 1.00 bits per heavy atom. The van der Waals surface area contributed by atoms with Gasteiger partial charge in [0.2, 0.25) is 0 Å². The van der Waals surface area contributed by atoms with Crippen molar-refractivity contribution < 1.29 is 18.0 Å². The Balaban J connectivity index is 1.72. The molecule has 0 spiro atoms. The molecule has 2 aromatic rings. The van der Waals surface area contributed by atoms with Gasteiger partial charge in [-0.1, -0.05) is 12.1 Å². The number of hydrogen-bond acceptors (Lipinski definition) is 2. The van der Waals surface area contributed by atoms with Gasteiger partial charge in [0.05, 0.1) is 5.56 Å². The highest BCUT2D eigenvalue weighted by Crippen LogP contribution is 2.36. The zero-order chi connectivity index (χ0) is 16.4. The fraction of sp³-hybridized carbons (Fsp3) is 0.312. The highest BCUT2D eigenvalue weighted by molar-refractivity contribution is 5.92. The van der Waals surface area contributed by atoms with Crippen LogP contribution in [0.25, 0.3) is 0 Å². The molecule has 122 valence electrons. The van der Waals surface area contributed by atoms with Crippen LogP contribution in [0.15, 0.2) is 42.6 Å². The maximum Gasteiger partial charge on any atom is 0.418 e. The van der Waals surface area contributed by atoms with E-state index >= 15 is 0 Å². The molecule has 1 aliphatic rings. The largest absolute Gasteiger partial charge is 0.418 e. The van der Waals surface area contributed by atoms with Crippen molar-refractivity contribution in [3.8, 4) is 0 Å². The first-order chi connectivity index (χ1) is 11.0. The van der Waals surface area contributed by atoms with E-state index in [1.165, 1.54) is 12.1 Å². The Morgan fingerprint density at radius 2 is 1.70 bits per heavy atom. The molecule has 0 bridgehead atoms. The zero-order valence-corrected chi connectivity index (χ0v) is 12.3. The van der Waals surface area contributed by atoms with Crippen molar-refractivity contribution in [2.75, 3.05) is 31.1 Å². The second-order valence-electron chi connectivity index (χ2n) is 5.38. The number of para-hydroxylation sites is 1. The predicted molar refractivity (Wildman–Crippen MR) is 80.4 cm³/mol. The molecular formula is C16H16F3N3O. The number of aromatic amines is 1. The van der Waals surface area contributed by atoms with E-state index < -0.39 is 11.7 Å². The van der Waals surface area contributed by atoms with Crippen molar-refractivity contribution in [3.63, 3.8) is 0 Å². The molecule has 7 heteroatoms. The lowest BCUT2D eigenvalue weighted by molar-refractivity contribution is -0.137. The van der Waals surface area contributed by atoms with Crippen LogP contribution in [-0.2, 0) is 6.18 Å². The number of benzene rings is 1. The molecule has 0 atom stereocenters. The van der Waals surface area contributed by atoms with Gasteiger partial charge in [0, 0.05) is 38.1 Å². The molecule has 1 N–H and O–H groups in total. The number of rotatable bonds is 2. The average molecular weight is 323 g/mol. The highest BCUT2D eigenvalue weighted by Gasteiger charge is 2.35. The highest BCUT2D eigenvalue weighted by atomic mass is 19.4. The molecule has 1 fully saturated rings. The summed E-state index contributed by atoms with van der Waals surface area (Å²) in [6, 6.07) is 8.98. The van der Waals surface area contributed by atoms with Gasteiger partial charge in [-0.05, 0) is 24.3 Å². The number of carbonyl (C=O) groups is 1. The molecule has 1 aromatic heterocycles. The van der Waals surface area contributed by atoms with Gasteiger partial charge in [-0.2, -0.15) is 13.2 Å². The number of halogens is 3. The van der Waals surface area contributed by atoms with Crippen LogP contribution in [-0.4, -0.2) is 42.0 Å². The molecule has 0 unspecified atom stereocenters. The summed E-state index contributed by atoms with van der Waals surface area (Å²) in [6.07, 6.45) is -2.71. The molecule has 23 heavy (non-hydrogen) atoms. The monoisotopic (exact) mass is 323 g/mol. The number of amides is 1. The summed E-state index contributed by atoms with van der Waals surface area (Å²) in [5, 5.41) is 0. The Morgan fingerprint density at radius 3 is 2.30 bits per heavy atom. The SMILES string of the molecule is O=C(c1ccc[nH]1)N1CCN(c2ccccc2C(F)(F)F)CC1. The van der Waals surface area contributed by atoms with E-state index in [9.17, 15) is 18.0 Å². The Bertz CT molecular complexity index is 674. The summed E-state index contributed by atoms with van der Waals surface area (Å²) >= 11 is 0. The third kappa shape index (κ3) is 3.18. The van der Waals surface area contributed by atoms with E-state index in [0.717, 1.165) is 6.07 Å². The predicted octanol–water partition coefficient (Wildman–Crippen LogP) is 3.00. The lowest BCUT2D eigenvalue weighted by atomic mass is 10.1. The van der Waals surface area contributed by atoms with E-state index in [1.807, 2.05) is 0 Å². The molecule has 1 amide bonds. The molecular weight excluding hydrogens is 307 g/mol. The van der Waals surface area contributed by atoms with Crippen LogP contribution in [0.1, 0.15) is 16.1 Å². The van der Waals surface area contributed by atoms with Crippen molar-refractivity contribution in [1.29, 1.82) is 0 Å². The summed E-state index contributed by atoms with van der Waals surface area (Å²) in [5.41, 5.74) is 0.0326. The van der Waals surface area contributed by atoms with Crippen molar-refractivity contribution in [1.82, 2.24) is 9.88 Å². The van der Waals surface area contributed by atoms with E-state index in [4.69, 9.17) is 0 Å². The van der Waals surface area contributed by atoms with Crippen LogP contribution >= 0.6 is 0 Å². The van der Waals surface area contributed by atoms with Gasteiger partial charge in [0.15, 0.2) is 0 Å². The third-order valence-electron chi connectivity index (χ3n) is 3.95. The van der Waals surface area contributed by atoms with Crippen LogP contribution < -0.4 is 4.90 Å². The summed E-state index contributed by atoms with van der Waals surface area (Å²) in [5.74, 6) is -0.126. The van der Waals surface area contributed by atoms with Gasteiger partial charge in [-0.15, -0.1) is 0 Å². The fourth-order valence-electron chi connectivity index (χ4n) is 2.77. The van der Waals surface area contributed by atoms with Crippen LogP contribution in [0, 0.1) is 0 Å². The van der Waals surface area contributed by atoms with Gasteiger partial charge in [-0.3, -0.25) is 4.79 Å². The smallest absolute Gasteiger partial charge is 0.367 e. The first kappa shape index (κ1) is 15.5. The number of aromatic nitrogens is 1. The van der Waals surface area contributed by atoms with E-state index in [2.05, 4.69) is 4.98 Å². The number of hydrogen-bond donors (Lipinski definition) is 1. The summed E-state index contributed by atoms with van der Waals surface area (Å²) in [4.78, 5) is 18.4. The Hall–Kier alpha value is -2.44. The lowest BCUT2D eigenvalue weighted by Gasteiger charge is -2.37. The number of H-pyrrole nitrogens is 1. The Labute approximate surface area is 131 Å². The van der Waals surface area contributed by atoms with Crippen LogP contribution in [0.5, 0.6) is 0 Å². The molecule has 1 aliphatic heterocycles. The molecule has 3 rings (SSSR count). The number of nitrogens with zero attached hydrogens (tertiary/aromatic N) is 2. The number of nitrogens with one attached hydrogen (secondary N) is 1. The van der Waals surface area contributed by atoms with Crippen LogP contribution in [0.2, 0.25) is 0 Å². The number of carbonyl (C=O) groups excluding carboxylic acids is 1. The molecule has 1 aromatic carbocycles. The van der Waals surface area contributed by atoms with Gasteiger partial charge in [-0.25, -0.2) is 0 Å². The maximum atomic E-state index is 13.1. The Kier molecular flexibility index (Phi) is 4.02. The van der Waals surface area contributed by atoms with Crippen molar-refractivity contribution in [2.45, 2.75) is 6.18 Å². The minimum absolute atomic E-state index is 0.126. The molecule has 0 saturated carbocycles. The van der Waals surface area contributed by atoms with E-state index in [1.54, 1.807) is 34.2 Å². The van der Waals surface area contributed by atoms with Gasteiger partial charge in [0.1, 0.15) is 5.69 Å². The second kappa shape index (κ2) is 5.98. The average Bonchev–Trinajstić information content (AvgIpc) is 3.08. The zero-order valence-electron chi connectivity index (χ0n) is 12.3. The minimum atomic E-state index is -4.38. The van der Waals surface area contributed by atoms with Crippen LogP contribution in [0.3, 0.4) is 0 Å². The lowest BCUT2D eigenvalue weighted by Crippen LogP contribution is -2.49. The molecule has 4 nitrogen and oxygen atoms in total. The molecule has 0 radical (unpaired) electrons. The van der Waals surface area contributed by atoms with Crippen LogP contribution in [0.4, 0.5) is 18.9 Å². The van der Waals surface area contributed by atoms with Crippen molar-refractivity contribution in [3.05, 3.63) is 53.9 Å². The first-order valence-electron chi connectivity index (χ1n) is 7.30. The van der Waals surface area contributed by atoms with Crippen molar-refractivity contribution in [2.24, 2.45) is 0 Å². The maximum absolute atomic E-state index is 13.1. The van der Waals surface area contributed by atoms with Gasteiger partial charge in [0.25, 0.3) is 5.91 Å². The topological polar surface area (TPSA) is 39.3 Å². The van der Waals surface area contributed by atoms with E-state index in [-0.39, 0.29) is 11.6 Å². The van der Waals surface area contributed by atoms with Gasteiger partial charge >= 0.3 is 6.18 Å². The third-order valence-corrected chi connectivity index (χ3v) is 3.95. The van der Waals surface area contributed by atoms with Crippen molar-refractivity contribution >= 4 is 11.6 Å². The second-order valence-corrected chi connectivity index (χ2v) is 5.38. The normalized spacial score (nSPS) is 15.8. The number of anilines is 1. The summed E-state index contributed by atoms with van der Waals surface area (Å²) in [7, 11) is 0. The van der Waals surface area contributed by atoms with E-state index in [0.29, 0.717) is 31.9 Å². The molecule has 1 saturated heterocycles. The number of alkyl halides is 3. The van der Waals surface area contributed by atoms with Gasteiger partial charge < -0.3 is 14.8 Å². The summed E-state index contributed by atoms with van der Waals surface area (Å²) < 4.78 is 39.3. The fourth-order valence-corrected chi connectivity index (χ4v) is 2.77.